The summed E-state index contributed by atoms with van der Waals surface area (Å²) >= 11 is 0. The van der Waals surface area contributed by atoms with E-state index in [1.807, 2.05) is 38.1 Å². The van der Waals surface area contributed by atoms with E-state index in [2.05, 4.69) is 0 Å². The number of amides is 2. The number of ether oxygens (including phenoxy) is 1. The predicted molar refractivity (Wildman–Crippen MR) is 122 cm³/mol. The van der Waals surface area contributed by atoms with E-state index in [4.69, 9.17) is 9.15 Å². The first kappa shape index (κ1) is 21.6. The molecule has 1 atom stereocenters. The zero-order chi connectivity index (χ0) is 23.0. The summed E-state index contributed by atoms with van der Waals surface area (Å²) in [6.45, 7) is 3.94. The third-order valence-corrected chi connectivity index (χ3v) is 5.82. The number of benzene rings is 2. The fourth-order valence-corrected chi connectivity index (χ4v) is 4.04. The number of nitrogens with zero attached hydrogens (tertiary/aromatic N) is 2. The average Bonchev–Trinajstić information content (AvgIpc) is 2.77. The van der Waals surface area contributed by atoms with Crippen molar-refractivity contribution in [2.24, 2.45) is 0 Å². The van der Waals surface area contributed by atoms with Crippen molar-refractivity contribution in [3.63, 3.8) is 0 Å². The third-order valence-electron chi connectivity index (χ3n) is 5.82. The van der Waals surface area contributed by atoms with Crippen LogP contribution in [0.1, 0.15) is 23.1 Å². The summed E-state index contributed by atoms with van der Waals surface area (Å²) in [4.78, 5) is 41.4. The van der Waals surface area contributed by atoms with E-state index in [0.29, 0.717) is 22.6 Å². The van der Waals surface area contributed by atoms with E-state index < -0.39 is 11.7 Å². The molecule has 166 valence electrons. The first-order valence-corrected chi connectivity index (χ1v) is 10.6. The van der Waals surface area contributed by atoms with Crippen molar-refractivity contribution in [1.29, 1.82) is 0 Å². The van der Waals surface area contributed by atoms with Crippen molar-refractivity contribution < 1.29 is 18.7 Å². The minimum atomic E-state index is -0.778. The first-order valence-electron chi connectivity index (χ1n) is 10.6. The normalized spacial score (nSPS) is 15.2. The van der Waals surface area contributed by atoms with Crippen molar-refractivity contribution in [2.45, 2.75) is 32.8 Å². The Morgan fingerprint density at radius 1 is 1.12 bits per heavy atom. The minimum absolute atomic E-state index is 0.111. The molecule has 0 unspecified atom stereocenters. The molecule has 7 nitrogen and oxygen atoms in total. The minimum Gasteiger partial charge on any atom is -0.476 e. The number of rotatable bonds is 4. The molecule has 2 aromatic carbocycles. The number of anilines is 1. The number of carbonyl (C=O) groups is 2. The highest BCUT2D eigenvalue weighted by Crippen LogP contribution is 2.34. The summed E-state index contributed by atoms with van der Waals surface area (Å²) in [5.74, 6) is 0.0998. The molecule has 0 saturated carbocycles. The van der Waals surface area contributed by atoms with Crippen LogP contribution in [0.5, 0.6) is 5.75 Å². The van der Waals surface area contributed by atoms with Crippen molar-refractivity contribution in [3.05, 3.63) is 69.6 Å². The number of aryl methyl sites for hydroxylation is 2. The van der Waals surface area contributed by atoms with Crippen LogP contribution < -0.4 is 15.3 Å². The van der Waals surface area contributed by atoms with Crippen LogP contribution in [-0.2, 0) is 16.0 Å². The Balaban J connectivity index is 1.59. The van der Waals surface area contributed by atoms with Gasteiger partial charge in [0.2, 0.25) is 5.91 Å². The molecule has 1 aliphatic rings. The monoisotopic (exact) mass is 434 g/mol. The Hall–Kier alpha value is -3.61. The number of hydrogen-bond acceptors (Lipinski definition) is 5. The zero-order valence-corrected chi connectivity index (χ0v) is 18.7. The highest BCUT2D eigenvalue weighted by atomic mass is 16.5. The zero-order valence-electron chi connectivity index (χ0n) is 18.7. The molecule has 0 saturated heterocycles. The highest BCUT2D eigenvalue weighted by Gasteiger charge is 2.34. The maximum absolute atomic E-state index is 13.2. The van der Waals surface area contributed by atoms with Crippen LogP contribution in [0, 0.1) is 13.8 Å². The molecule has 7 heteroatoms. The quantitative estimate of drug-likeness (QED) is 0.589. The molecule has 1 aliphatic heterocycles. The van der Waals surface area contributed by atoms with Gasteiger partial charge in [0.1, 0.15) is 11.3 Å². The molecule has 2 amide bonds. The summed E-state index contributed by atoms with van der Waals surface area (Å²) in [6.07, 6.45) is -0.414. The number of likely N-dealkylation sites (N-methyl/N-ethyl adjacent to an activating group) is 1. The van der Waals surface area contributed by atoms with Crippen molar-refractivity contribution in [2.75, 3.05) is 25.5 Å². The van der Waals surface area contributed by atoms with E-state index in [1.54, 1.807) is 37.2 Å². The molecule has 1 aromatic heterocycles. The molecule has 32 heavy (non-hydrogen) atoms. The van der Waals surface area contributed by atoms with Crippen LogP contribution >= 0.6 is 0 Å². The second kappa shape index (κ2) is 8.49. The molecule has 2 heterocycles. The van der Waals surface area contributed by atoms with Crippen LogP contribution in [0.4, 0.5) is 5.69 Å². The lowest BCUT2D eigenvalue weighted by Gasteiger charge is -2.35. The summed E-state index contributed by atoms with van der Waals surface area (Å²) in [5, 5.41) is 0.867. The van der Waals surface area contributed by atoms with Gasteiger partial charge in [0.15, 0.2) is 6.10 Å². The van der Waals surface area contributed by atoms with Gasteiger partial charge in [-0.25, -0.2) is 4.79 Å². The van der Waals surface area contributed by atoms with Crippen LogP contribution in [0.15, 0.2) is 51.7 Å². The van der Waals surface area contributed by atoms with Gasteiger partial charge in [-0.15, -0.1) is 0 Å². The van der Waals surface area contributed by atoms with Crippen LogP contribution in [0.25, 0.3) is 11.0 Å². The number of hydrogen-bond donors (Lipinski definition) is 0. The molecule has 0 N–H and O–H groups in total. The van der Waals surface area contributed by atoms with Crippen LogP contribution in [0.3, 0.4) is 0 Å². The van der Waals surface area contributed by atoms with Crippen LogP contribution in [-0.4, -0.2) is 43.5 Å². The smallest absolute Gasteiger partial charge is 0.339 e. The lowest BCUT2D eigenvalue weighted by atomic mass is 10.0. The number of para-hydroxylation sites is 2. The molecule has 0 spiro atoms. The molecule has 4 rings (SSSR count). The lowest BCUT2D eigenvalue weighted by Crippen LogP contribution is -2.50. The van der Waals surface area contributed by atoms with Gasteiger partial charge in [-0.2, -0.15) is 0 Å². The molecule has 0 fully saturated rings. The highest BCUT2D eigenvalue weighted by molar-refractivity contribution is 5.97. The predicted octanol–water partition coefficient (Wildman–Crippen LogP) is 3.22. The van der Waals surface area contributed by atoms with E-state index in [9.17, 15) is 14.4 Å². The Morgan fingerprint density at radius 3 is 2.62 bits per heavy atom. The Morgan fingerprint density at radius 2 is 1.88 bits per heavy atom. The van der Waals surface area contributed by atoms with Crippen molar-refractivity contribution in [1.82, 2.24) is 4.90 Å². The summed E-state index contributed by atoms with van der Waals surface area (Å²) in [7, 11) is 3.31. The van der Waals surface area contributed by atoms with Gasteiger partial charge in [-0.1, -0.05) is 24.3 Å². The fourth-order valence-electron chi connectivity index (χ4n) is 4.04. The Labute approximate surface area is 186 Å². The summed E-state index contributed by atoms with van der Waals surface area (Å²) in [5.41, 5.74) is 3.09. The summed E-state index contributed by atoms with van der Waals surface area (Å²) in [6, 6.07) is 12.9. The molecule has 0 radical (unpaired) electrons. The fraction of sp³-hybridized carbons (Fsp3) is 0.320. The Bertz CT molecular complexity index is 1260. The van der Waals surface area contributed by atoms with E-state index in [1.165, 1.54) is 4.90 Å². The van der Waals surface area contributed by atoms with Gasteiger partial charge < -0.3 is 19.0 Å². The standard InChI is InChI=1S/C25H26N2O5/c1-15-9-10-17-16(2)18(25(30)32-21(17)13-15)11-12-23(28)27-14-22(24(29)26(3)4)31-20-8-6-5-7-19(20)27/h5-10,13,22H,11-12,14H2,1-4H3/t22-/m0/s1. The molecular weight excluding hydrogens is 408 g/mol. The van der Waals surface area contributed by atoms with Gasteiger partial charge in [-0.3, -0.25) is 9.59 Å². The number of fused-ring (bicyclic) bond motifs is 2. The maximum Gasteiger partial charge on any atom is 0.339 e. The van der Waals surface area contributed by atoms with E-state index >= 15 is 0 Å². The van der Waals surface area contributed by atoms with Gasteiger partial charge in [0, 0.05) is 31.5 Å². The van der Waals surface area contributed by atoms with Gasteiger partial charge in [0.25, 0.3) is 5.91 Å². The van der Waals surface area contributed by atoms with E-state index in [-0.39, 0.29) is 31.2 Å². The maximum atomic E-state index is 13.2. The van der Waals surface area contributed by atoms with Crippen molar-refractivity contribution in [3.8, 4) is 5.75 Å². The largest absolute Gasteiger partial charge is 0.476 e. The average molecular weight is 434 g/mol. The van der Waals surface area contributed by atoms with Gasteiger partial charge in [-0.05, 0) is 49.6 Å². The SMILES string of the molecule is Cc1ccc2c(C)c(CCC(=O)N3C[C@@H](C(=O)N(C)C)Oc4ccccc43)c(=O)oc2c1. The second-order valence-corrected chi connectivity index (χ2v) is 8.30. The number of carbonyl (C=O) groups excluding carboxylic acids is 2. The molecule has 0 bridgehead atoms. The molecular formula is C25H26N2O5. The second-order valence-electron chi connectivity index (χ2n) is 8.30. The lowest BCUT2D eigenvalue weighted by molar-refractivity contribution is -0.136. The molecule has 3 aromatic rings. The van der Waals surface area contributed by atoms with Gasteiger partial charge in [0.05, 0.1) is 12.2 Å². The molecule has 0 aliphatic carbocycles. The Kier molecular flexibility index (Phi) is 5.74. The topological polar surface area (TPSA) is 80.1 Å². The van der Waals surface area contributed by atoms with Gasteiger partial charge >= 0.3 is 5.63 Å². The van der Waals surface area contributed by atoms with Crippen LogP contribution in [0.2, 0.25) is 0 Å². The van der Waals surface area contributed by atoms with E-state index in [0.717, 1.165) is 16.5 Å². The first-order chi connectivity index (χ1) is 15.3. The third kappa shape index (κ3) is 3.98. The van der Waals surface area contributed by atoms with Crippen molar-refractivity contribution >= 4 is 28.5 Å². The summed E-state index contributed by atoms with van der Waals surface area (Å²) < 4.78 is 11.4.